The lowest BCUT2D eigenvalue weighted by Crippen LogP contribution is -2.11. The number of phenolic OH excluding ortho intramolecular Hbond substituents is 1. The van der Waals surface area contributed by atoms with Gasteiger partial charge in [0.2, 0.25) is 0 Å². The first kappa shape index (κ1) is 23.0. The van der Waals surface area contributed by atoms with E-state index >= 15 is 0 Å². The maximum Gasteiger partial charge on any atom is 0.269 e. The summed E-state index contributed by atoms with van der Waals surface area (Å²) in [4.78, 5) is 10.4. The minimum atomic E-state index is -0.430. The van der Waals surface area contributed by atoms with E-state index in [0.29, 0.717) is 39.8 Å². The molecule has 0 radical (unpaired) electrons. The molecule has 3 aromatic carbocycles. The Hall–Kier alpha value is -3.72. The molecule has 0 aliphatic heterocycles. The van der Waals surface area contributed by atoms with Gasteiger partial charge in [-0.25, -0.2) is 0 Å². The summed E-state index contributed by atoms with van der Waals surface area (Å²) in [5, 5.41) is 33.5. The number of benzene rings is 3. The molecule has 8 nitrogen and oxygen atoms in total. The van der Waals surface area contributed by atoms with E-state index in [1.807, 2.05) is 19.1 Å². The molecule has 3 rings (SSSR count). The number of nitro groups is 1. The minimum absolute atomic E-state index is 0.0154. The molecule has 32 heavy (non-hydrogen) atoms. The highest BCUT2D eigenvalue weighted by atomic mass is 79.9. The molecular formula is C23H22BrN5O3. The highest BCUT2D eigenvalue weighted by Gasteiger charge is 2.14. The molecule has 0 aliphatic carbocycles. The molecular weight excluding hydrogens is 474 g/mol. The molecule has 0 bridgehead atoms. The van der Waals surface area contributed by atoms with Crippen LogP contribution in [0.5, 0.6) is 5.75 Å². The molecule has 0 aliphatic rings. The number of hydrazone groups is 1. The number of phenols is 1. The van der Waals surface area contributed by atoms with Crippen molar-refractivity contribution in [2.24, 2.45) is 10.8 Å². The number of rotatable bonds is 8. The minimum Gasteiger partial charge on any atom is -0.506 e. The van der Waals surface area contributed by atoms with Gasteiger partial charge in [-0.1, -0.05) is 12.1 Å². The Labute approximate surface area is 193 Å². The van der Waals surface area contributed by atoms with Gasteiger partial charge in [0, 0.05) is 23.3 Å². The zero-order valence-corrected chi connectivity index (χ0v) is 18.9. The fraction of sp³-hybridized carbons (Fsp3) is 0.130. The van der Waals surface area contributed by atoms with E-state index < -0.39 is 4.92 Å². The van der Waals surface area contributed by atoms with Crippen molar-refractivity contribution in [1.82, 2.24) is 0 Å². The van der Waals surface area contributed by atoms with Crippen LogP contribution in [0.4, 0.5) is 11.4 Å². The third-order valence-corrected chi connectivity index (χ3v) is 5.44. The number of nitrogens with zero attached hydrogens (tertiary/aromatic N) is 2. The van der Waals surface area contributed by atoms with Crippen molar-refractivity contribution in [1.29, 1.82) is 5.41 Å². The topological polar surface area (TPSA) is 138 Å². The SMILES string of the molecule is Cc1cc(Br)c(O)c(C(CCc2ccc([N+](=O)[O-])cc2)=NNc2ccc(C(=N)N)cc2)c1. The Morgan fingerprint density at radius 1 is 1.19 bits per heavy atom. The number of nitrogens with two attached hydrogens (primary N) is 1. The first-order valence-electron chi connectivity index (χ1n) is 9.74. The van der Waals surface area contributed by atoms with Gasteiger partial charge in [0.05, 0.1) is 20.8 Å². The number of hydrogen-bond donors (Lipinski definition) is 4. The van der Waals surface area contributed by atoms with Crippen molar-refractivity contribution < 1.29 is 10.0 Å². The van der Waals surface area contributed by atoms with Gasteiger partial charge in [0.1, 0.15) is 11.6 Å². The molecule has 0 saturated carbocycles. The predicted octanol–water partition coefficient (Wildman–Crippen LogP) is 5.10. The van der Waals surface area contributed by atoms with Gasteiger partial charge in [0.15, 0.2) is 0 Å². The zero-order valence-electron chi connectivity index (χ0n) is 17.3. The number of aryl methyl sites for hydroxylation is 2. The molecule has 0 atom stereocenters. The largest absolute Gasteiger partial charge is 0.506 e. The number of amidine groups is 1. The number of nitro benzene ring substituents is 1. The number of anilines is 1. The molecule has 0 heterocycles. The Morgan fingerprint density at radius 3 is 2.44 bits per heavy atom. The van der Waals surface area contributed by atoms with Crippen LogP contribution in [0.1, 0.15) is 28.7 Å². The summed E-state index contributed by atoms with van der Waals surface area (Å²) in [6.45, 7) is 1.93. The van der Waals surface area contributed by atoms with E-state index in [1.165, 1.54) is 12.1 Å². The fourth-order valence-electron chi connectivity index (χ4n) is 3.11. The fourth-order valence-corrected chi connectivity index (χ4v) is 3.68. The smallest absolute Gasteiger partial charge is 0.269 e. The van der Waals surface area contributed by atoms with E-state index in [9.17, 15) is 15.2 Å². The van der Waals surface area contributed by atoms with Gasteiger partial charge in [0.25, 0.3) is 5.69 Å². The summed E-state index contributed by atoms with van der Waals surface area (Å²) < 4.78 is 0.571. The molecule has 0 spiro atoms. The molecule has 9 heteroatoms. The first-order chi connectivity index (χ1) is 15.2. The lowest BCUT2D eigenvalue weighted by atomic mass is 9.99. The van der Waals surface area contributed by atoms with Gasteiger partial charge >= 0.3 is 0 Å². The van der Waals surface area contributed by atoms with Crippen LogP contribution in [0.3, 0.4) is 0 Å². The van der Waals surface area contributed by atoms with Gasteiger partial charge in [-0.3, -0.25) is 20.9 Å². The van der Waals surface area contributed by atoms with Crippen LogP contribution in [-0.4, -0.2) is 21.6 Å². The highest BCUT2D eigenvalue weighted by Crippen LogP contribution is 2.31. The van der Waals surface area contributed by atoms with Crippen molar-refractivity contribution in [2.75, 3.05) is 5.43 Å². The lowest BCUT2D eigenvalue weighted by Gasteiger charge is -2.12. The first-order valence-corrected chi connectivity index (χ1v) is 10.5. The quantitative estimate of drug-likeness (QED) is 0.149. The van der Waals surface area contributed by atoms with E-state index in [1.54, 1.807) is 36.4 Å². The number of aromatic hydroxyl groups is 1. The van der Waals surface area contributed by atoms with Crippen LogP contribution >= 0.6 is 15.9 Å². The number of nitrogens with one attached hydrogen (secondary N) is 2. The van der Waals surface area contributed by atoms with Crippen LogP contribution in [-0.2, 0) is 6.42 Å². The molecule has 164 valence electrons. The zero-order chi connectivity index (χ0) is 23.3. The second kappa shape index (κ2) is 10.1. The van der Waals surface area contributed by atoms with Crippen LogP contribution in [0, 0.1) is 22.4 Å². The third-order valence-electron chi connectivity index (χ3n) is 4.83. The van der Waals surface area contributed by atoms with Crippen molar-refractivity contribution in [2.45, 2.75) is 19.8 Å². The molecule has 3 aromatic rings. The number of non-ortho nitro benzene ring substituents is 1. The highest BCUT2D eigenvalue weighted by molar-refractivity contribution is 9.10. The maximum atomic E-state index is 10.9. The summed E-state index contributed by atoms with van der Waals surface area (Å²) in [7, 11) is 0. The summed E-state index contributed by atoms with van der Waals surface area (Å²) >= 11 is 3.38. The van der Waals surface area contributed by atoms with Crippen molar-refractivity contribution in [3.8, 4) is 5.75 Å². The Kier molecular flexibility index (Phi) is 7.21. The van der Waals surface area contributed by atoms with Crippen molar-refractivity contribution >= 4 is 38.9 Å². The Balaban J connectivity index is 1.88. The van der Waals surface area contributed by atoms with Gasteiger partial charge in [-0.05, 0) is 83.2 Å². The van der Waals surface area contributed by atoms with Crippen LogP contribution in [0.2, 0.25) is 0 Å². The van der Waals surface area contributed by atoms with E-state index in [-0.39, 0.29) is 17.3 Å². The van der Waals surface area contributed by atoms with E-state index in [4.69, 9.17) is 11.1 Å². The monoisotopic (exact) mass is 495 g/mol. The summed E-state index contributed by atoms with van der Waals surface area (Å²) in [6, 6.07) is 17.0. The van der Waals surface area contributed by atoms with E-state index in [0.717, 1.165) is 11.1 Å². The van der Waals surface area contributed by atoms with Crippen LogP contribution in [0.15, 0.2) is 70.2 Å². The molecule has 0 unspecified atom stereocenters. The average Bonchev–Trinajstić information content (AvgIpc) is 2.77. The second-order valence-corrected chi connectivity index (χ2v) is 8.08. The van der Waals surface area contributed by atoms with Gasteiger partial charge < -0.3 is 10.8 Å². The number of nitrogen functional groups attached to an aromatic ring is 1. The average molecular weight is 496 g/mol. The maximum absolute atomic E-state index is 10.9. The third kappa shape index (κ3) is 5.70. The predicted molar refractivity (Wildman–Crippen MR) is 130 cm³/mol. The Bertz CT molecular complexity index is 1180. The summed E-state index contributed by atoms with van der Waals surface area (Å²) in [6.07, 6.45) is 1.06. The molecule has 5 N–H and O–H groups in total. The van der Waals surface area contributed by atoms with Crippen LogP contribution < -0.4 is 11.2 Å². The number of halogens is 1. The molecule has 0 fully saturated rings. The number of hydrogen-bond acceptors (Lipinski definition) is 6. The molecule has 0 aromatic heterocycles. The normalized spacial score (nSPS) is 11.2. The van der Waals surface area contributed by atoms with Crippen molar-refractivity contribution in [3.05, 3.63) is 97.5 Å². The van der Waals surface area contributed by atoms with Crippen molar-refractivity contribution in [3.63, 3.8) is 0 Å². The Morgan fingerprint density at radius 2 is 1.84 bits per heavy atom. The standard InChI is InChI=1S/C23H22BrN5O3/c1-14-12-19(22(30)20(24)13-14)21(11-4-15-2-9-18(10-3-15)29(31)32)28-27-17-7-5-16(6-8-17)23(25)26/h2-3,5-10,12-13,27,30H,4,11H2,1H3,(H3,25,26). The van der Waals surface area contributed by atoms with Gasteiger partial charge in [-0.15, -0.1) is 0 Å². The van der Waals surface area contributed by atoms with E-state index in [2.05, 4.69) is 26.5 Å². The molecule has 0 saturated heterocycles. The summed E-state index contributed by atoms with van der Waals surface area (Å²) in [5.74, 6) is 0.0742. The van der Waals surface area contributed by atoms with Crippen LogP contribution in [0.25, 0.3) is 0 Å². The second-order valence-electron chi connectivity index (χ2n) is 7.23. The molecule has 0 amide bonds. The lowest BCUT2D eigenvalue weighted by molar-refractivity contribution is -0.384. The summed E-state index contributed by atoms with van der Waals surface area (Å²) in [5.41, 5.74) is 12.9. The van der Waals surface area contributed by atoms with Gasteiger partial charge in [-0.2, -0.15) is 5.10 Å².